The van der Waals surface area contributed by atoms with Crippen LogP contribution in [-0.4, -0.2) is 41.8 Å². The molecule has 1 N–H and O–H groups in total. The number of carbonyl (C=O) groups is 2. The molecule has 8 nitrogen and oxygen atoms in total. The van der Waals surface area contributed by atoms with E-state index >= 15 is 0 Å². The molecule has 0 heterocycles. The Hall–Kier alpha value is -4.17. The molecule has 0 saturated heterocycles. The summed E-state index contributed by atoms with van der Waals surface area (Å²) in [6.45, 7) is 0.264. The summed E-state index contributed by atoms with van der Waals surface area (Å²) in [5.74, 6) is -0.217. The Balaban J connectivity index is 1.80. The van der Waals surface area contributed by atoms with Crippen molar-refractivity contribution in [3.63, 3.8) is 0 Å². The van der Waals surface area contributed by atoms with Crippen LogP contribution in [0.15, 0.2) is 84.9 Å². The first-order valence-corrected chi connectivity index (χ1v) is 11.5. The third kappa shape index (κ3) is 6.93. The van der Waals surface area contributed by atoms with Crippen LogP contribution in [0.5, 0.6) is 5.75 Å². The molecule has 0 radical (unpaired) electrons. The molecule has 0 saturated carbocycles. The molecular formula is C27H26ClN3O5. The molecule has 0 fully saturated rings. The Morgan fingerprint density at radius 2 is 1.75 bits per heavy atom. The van der Waals surface area contributed by atoms with Crippen molar-refractivity contribution >= 4 is 29.1 Å². The average molecular weight is 508 g/mol. The van der Waals surface area contributed by atoms with Crippen LogP contribution >= 0.6 is 11.6 Å². The maximum Gasteiger partial charge on any atom is 0.282 e. The maximum absolute atomic E-state index is 13.2. The zero-order chi connectivity index (χ0) is 26.1. The Morgan fingerprint density at radius 1 is 1.08 bits per heavy atom. The normalized spacial score (nSPS) is 11.6. The number of likely N-dealkylation sites (N-methyl/N-ethyl adjacent to an activating group) is 1. The zero-order valence-corrected chi connectivity index (χ0v) is 20.6. The van der Waals surface area contributed by atoms with Gasteiger partial charge in [-0.1, -0.05) is 60.1 Å². The van der Waals surface area contributed by atoms with E-state index in [1.165, 1.54) is 29.2 Å². The Kier molecular flexibility index (Phi) is 9.19. The van der Waals surface area contributed by atoms with Crippen LogP contribution in [0.25, 0.3) is 0 Å². The predicted octanol–water partition coefficient (Wildman–Crippen LogP) is 4.81. The maximum atomic E-state index is 13.2. The minimum Gasteiger partial charge on any atom is -0.496 e. The Morgan fingerprint density at radius 3 is 2.44 bits per heavy atom. The van der Waals surface area contributed by atoms with Crippen LogP contribution < -0.4 is 10.1 Å². The van der Waals surface area contributed by atoms with Crippen LogP contribution in [0.1, 0.15) is 21.5 Å². The van der Waals surface area contributed by atoms with Gasteiger partial charge in [0.2, 0.25) is 5.91 Å². The van der Waals surface area contributed by atoms with Crippen LogP contribution in [0, 0.1) is 10.1 Å². The summed E-state index contributed by atoms with van der Waals surface area (Å²) < 4.78 is 5.31. The van der Waals surface area contributed by atoms with E-state index in [0.29, 0.717) is 17.2 Å². The van der Waals surface area contributed by atoms with Crippen molar-refractivity contribution in [2.75, 3.05) is 14.2 Å². The highest BCUT2D eigenvalue weighted by atomic mass is 35.5. The van der Waals surface area contributed by atoms with E-state index in [1.807, 2.05) is 36.4 Å². The summed E-state index contributed by atoms with van der Waals surface area (Å²) in [5, 5.41) is 14.8. The molecule has 0 aliphatic rings. The molecule has 9 heteroatoms. The minimum absolute atomic E-state index is 0.0277. The molecule has 0 aliphatic carbocycles. The number of hydrogen-bond donors (Lipinski definition) is 1. The van der Waals surface area contributed by atoms with Gasteiger partial charge in [-0.05, 0) is 36.2 Å². The highest BCUT2D eigenvalue weighted by molar-refractivity contribution is 6.30. The molecule has 2 amide bonds. The van der Waals surface area contributed by atoms with E-state index in [2.05, 4.69) is 5.32 Å². The molecule has 36 heavy (non-hydrogen) atoms. The van der Waals surface area contributed by atoms with Crippen LogP contribution in [-0.2, 0) is 17.8 Å². The molecular weight excluding hydrogens is 482 g/mol. The third-order valence-corrected chi connectivity index (χ3v) is 5.87. The summed E-state index contributed by atoms with van der Waals surface area (Å²) in [6.07, 6.45) is 3.34. The van der Waals surface area contributed by atoms with Crippen molar-refractivity contribution in [1.29, 1.82) is 0 Å². The second-order valence-corrected chi connectivity index (χ2v) is 8.41. The predicted molar refractivity (Wildman–Crippen MR) is 138 cm³/mol. The topological polar surface area (TPSA) is 102 Å². The monoisotopic (exact) mass is 507 g/mol. The van der Waals surface area contributed by atoms with Crippen molar-refractivity contribution in [3.05, 3.63) is 117 Å². The van der Waals surface area contributed by atoms with Gasteiger partial charge in [-0.25, -0.2) is 0 Å². The second kappa shape index (κ2) is 12.5. The van der Waals surface area contributed by atoms with Gasteiger partial charge < -0.3 is 15.0 Å². The van der Waals surface area contributed by atoms with Gasteiger partial charge in [0.15, 0.2) is 0 Å². The fourth-order valence-electron chi connectivity index (χ4n) is 3.64. The van der Waals surface area contributed by atoms with Crippen LogP contribution in [0.4, 0.5) is 5.69 Å². The summed E-state index contributed by atoms with van der Waals surface area (Å²) in [5.41, 5.74) is 1.40. The van der Waals surface area contributed by atoms with E-state index in [1.54, 1.807) is 38.4 Å². The van der Waals surface area contributed by atoms with Gasteiger partial charge >= 0.3 is 0 Å². The largest absolute Gasteiger partial charge is 0.496 e. The smallest absolute Gasteiger partial charge is 0.282 e. The van der Waals surface area contributed by atoms with Crippen LogP contribution in [0.3, 0.4) is 0 Å². The summed E-state index contributed by atoms with van der Waals surface area (Å²) in [4.78, 5) is 38.0. The number of halogens is 1. The van der Waals surface area contributed by atoms with Crippen molar-refractivity contribution in [2.24, 2.45) is 0 Å². The standard InChI is InChI=1S/C27H26ClN3O5/c1-30(27(33)23-8-4-5-9-24(23)31(34)35)22(17-19-11-13-21(28)14-12-19)15-16-26(32)29-18-20-7-3-6-10-25(20)36-2/h3-16,22H,17-18H2,1-2H3,(H,29,32). The highest BCUT2D eigenvalue weighted by Gasteiger charge is 2.26. The van der Waals surface area contributed by atoms with E-state index in [0.717, 1.165) is 11.1 Å². The van der Waals surface area contributed by atoms with Crippen molar-refractivity contribution in [2.45, 2.75) is 19.0 Å². The molecule has 1 unspecified atom stereocenters. The molecule has 3 rings (SSSR count). The number of amides is 2. The number of rotatable bonds is 10. The first-order chi connectivity index (χ1) is 17.3. The second-order valence-electron chi connectivity index (χ2n) is 7.98. The van der Waals surface area contributed by atoms with E-state index < -0.39 is 16.9 Å². The summed E-state index contributed by atoms with van der Waals surface area (Å²) in [6, 6.07) is 19.7. The van der Waals surface area contributed by atoms with Gasteiger partial charge in [-0.2, -0.15) is 0 Å². The number of nitro groups is 1. The Bertz CT molecular complexity index is 1260. The number of nitrogens with one attached hydrogen (secondary N) is 1. The summed E-state index contributed by atoms with van der Waals surface area (Å²) >= 11 is 5.99. The van der Waals surface area contributed by atoms with Gasteiger partial charge in [-0.3, -0.25) is 19.7 Å². The lowest BCUT2D eigenvalue weighted by Crippen LogP contribution is -2.38. The fraction of sp³-hybridized carbons (Fsp3) is 0.185. The molecule has 3 aromatic carbocycles. The minimum atomic E-state index is -0.587. The quantitative estimate of drug-likeness (QED) is 0.241. The van der Waals surface area contributed by atoms with Gasteiger partial charge in [0.05, 0.1) is 18.1 Å². The number of carbonyl (C=O) groups excluding carboxylic acids is 2. The fourth-order valence-corrected chi connectivity index (χ4v) is 3.77. The number of nitro benzene ring substituents is 1. The first-order valence-electron chi connectivity index (χ1n) is 11.1. The molecule has 0 bridgehead atoms. The average Bonchev–Trinajstić information content (AvgIpc) is 2.90. The highest BCUT2D eigenvalue weighted by Crippen LogP contribution is 2.22. The number of ether oxygens (including phenoxy) is 1. The Labute approximate surface area is 214 Å². The van der Waals surface area contributed by atoms with Crippen LogP contribution in [0.2, 0.25) is 5.02 Å². The number of benzene rings is 3. The van der Waals surface area contributed by atoms with Gasteiger partial charge in [0.1, 0.15) is 11.3 Å². The molecule has 0 aliphatic heterocycles. The lowest BCUT2D eigenvalue weighted by molar-refractivity contribution is -0.385. The van der Waals surface area contributed by atoms with E-state index in [9.17, 15) is 19.7 Å². The van der Waals surface area contributed by atoms with Crippen molar-refractivity contribution in [1.82, 2.24) is 10.2 Å². The number of hydrogen-bond acceptors (Lipinski definition) is 5. The van der Waals surface area contributed by atoms with Gasteiger partial charge in [-0.15, -0.1) is 0 Å². The number of nitrogens with zero attached hydrogens (tertiary/aromatic N) is 2. The molecule has 3 aromatic rings. The first kappa shape index (κ1) is 26.4. The lowest BCUT2D eigenvalue weighted by Gasteiger charge is -2.26. The number of para-hydroxylation sites is 2. The van der Waals surface area contributed by atoms with E-state index in [-0.39, 0.29) is 23.7 Å². The van der Waals surface area contributed by atoms with Crippen molar-refractivity contribution < 1.29 is 19.2 Å². The third-order valence-electron chi connectivity index (χ3n) is 5.62. The molecule has 0 spiro atoms. The summed E-state index contributed by atoms with van der Waals surface area (Å²) in [7, 11) is 3.11. The number of methoxy groups -OCH3 is 1. The van der Waals surface area contributed by atoms with Crippen molar-refractivity contribution in [3.8, 4) is 5.75 Å². The zero-order valence-electron chi connectivity index (χ0n) is 19.9. The molecule has 186 valence electrons. The van der Waals surface area contributed by atoms with Gasteiger partial charge in [0, 0.05) is 36.3 Å². The molecule has 0 aromatic heterocycles. The van der Waals surface area contributed by atoms with E-state index in [4.69, 9.17) is 16.3 Å². The molecule has 1 atom stereocenters. The SMILES string of the molecule is COc1ccccc1CNC(=O)C=CC(Cc1ccc(Cl)cc1)N(C)C(=O)c1ccccc1[N+](=O)[O-]. The van der Waals surface area contributed by atoms with Gasteiger partial charge in [0.25, 0.3) is 11.6 Å². The lowest BCUT2D eigenvalue weighted by atomic mass is 10.0.